The van der Waals surface area contributed by atoms with Gasteiger partial charge in [-0.05, 0) is 49.8 Å². The first-order chi connectivity index (χ1) is 12.0. The predicted molar refractivity (Wildman–Crippen MR) is 96.8 cm³/mol. The molecule has 7 heteroatoms. The van der Waals surface area contributed by atoms with Crippen molar-refractivity contribution in [2.75, 3.05) is 13.1 Å². The van der Waals surface area contributed by atoms with E-state index < -0.39 is 11.7 Å². The number of amides is 2. The van der Waals surface area contributed by atoms with Gasteiger partial charge in [-0.3, -0.25) is 9.59 Å². The third-order valence-electron chi connectivity index (χ3n) is 4.78. The van der Waals surface area contributed by atoms with Gasteiger partial charge in [-0.1, -0.05) is 29.3 Å². The summed E-state index contributed by atoms with van der Waals surface area (Å²) in [5.74, 6) is -1.21. The zero-order valence-electron chi connectivity index (χ0n) is 13.7. The average Bonchev–Trinajstić information content (AvgIpc) is 2.82. The number of nitrogens with one attached hydrogen (secondary N) is 1. The molecule has 2 aliphatic rings. The topological polar surface area (TPSA) is 69.6 Å². The number of carbonyl (C=O) groups is 2. The van der Waals surface area contributed by atoms with Crippen LogP contribution < -0.4 is 5.32 Å². The van der Waals surface area contributed by atoms with Gasteiger partial charge in [0.05, 0.1) is 22.2 Å². The zero-order chi connectivity index (χ0) is 18.0. The van der Waals surface area contributed by atoms with E-state index in [1.807, 2.05) is 12.1 Å². The van der Waals surface area contributed by atoms with Crippen LogP contribution in [0.1, 0.15) is 31.2 Å². The van der Waals surface area contributed by atoms with Crippen LogP contribution >= 0.6 is 23.2 Å². The Labute approximate surface area is 156 Å². The minimum atomic E-state index is -0.425. The highest BCUT2D eigenvalue weighted by molar-refractivity contribution is 6.42. The van der Waals surface area contributed by atoms with E-state index >= 15 is 0 Å². The van der Waals surface area contributed by atoms with Crippen molar-refractivity contribution >= 4 is 35.0 Å². The molecule has 1 aliphatic heterocycles. The molecule has 0 aromatic heterocycles. The van der Waals surface area contributed by atoms with Crippen molar-refractivity contribution in [3.8, 4) is 0 Å². The van der Waals surface area contributed by atoms with E-state index in [-0.39, 0.29) is 24.1 Å². The maximum absolute atomic E-state index is 12.2. The Morgan fingerprint density at radius 1 is 1.28 bits per heavy atom. The average molecular weight is 383 g/mol. The molecule has 0 saturated heterocycles. The van der Waals surface area contributed by atoms with Gasteiger partial charge in [0.25, 0.3) is 11.8 Å². The summed E-state index contributed by atoms with van der Waals surface area (Å²) in [4.78, 5) is 25.9. The largest absolute Gasteiger partial charge is 0.503 e. The van der Waals surface area contributed by atoms with Crippen molar-refractivity contribution in [3.63, 3.8) is 0 Å². The molecule has 25 heavy (non-hydrogen) atoms. The van der Waals surface area contributed by atoms with Crippen LogP contribution in [-0.2, 0) is 16.0 Å². The number of hydrogen-bond donors (Lipinski definition) is 2. The Morgan fingerprint density at radius 2 is 2.04 bits per heavy atom. The van der Waals surface area contributed by atoms with Gasteiger partial charge in [0.15, 0.2) is 5.76 Å². The maximum Gasteiger partial charge on any atom is 0.289 e. The molecule has 1 saturated carbocycles. The fourth-order valence-electron chi connectivity index (χ4n) is 3.05. The van der Waals surface area contributed by atoms with Gasteiger partial charge in [-0.15, -0.1) is 0 Å². The SMILES string of the molecule is O=C(NCCCc1ccc(Cl)c(Cl)c1)C1=C(O)C(=O)N(C2CCC2)C1. The summed E-state index contributed by atoms with van der Waals surface area (Å²) in [6.45, 7) is 0.654. The number of halogens is 2. The maximum atomic E-state index is 12.2. The molecule has 0 bridgehead atoms. The Bertz CT molecular complexity index is 729. The van der Waals surface area contributed by atoms with Gasteiger partial charge in [0.2, 0.25) is 0 Å². The molecular weight excluding hydrogens is 363 g/mol. The lowest BCUT2D eigenvalue weighted by molar-refractivity contribution is -0.131. The highest BCUT2D eigenvalue weighted by atomic mass is 35.5. The minimum absolute atomic E-state index is 0.162. The van der Waals surface area contributed by atoms with Gasteiger partial charge in [0.1, 0.15) is 0 Å². The number of rotatable bonds is 6. The van der Waals surface area contributed by atoms with Crippen molar-refractivity contribution in [1.82, 2.24) is 10.2 Å². The van der Waals surface area contributed by atoms with Crippen molar-refractivity contribution in [2.45, 2.75) is 38.1 Å². The molecule has 2 amide bonds. The molecule has 1 aromatic carbocycles. The molecule has 1 heterocycles. The molecule has 0 radical (unpaired) electrons. The molecule has 0 unspecified atom stereocenters. The second kappa shape index (κ2) is 7.67. The van der Waals surface area contributed by atoms with Crippen LogP contribution in [0.25, 0.3) is 0 Å². The summed E-state index contributed by atoms with van der Waals surface area (Å²) in [6.07, 6.45) is 4.44. The third kappa shape index (κ3) is 3.93. The summed E-state index contributed by atoms with van der Waals surface area (Å²) < 4.78 is 0. The fraction of sp³-hybridized carbons (Fsp3) is 0.444. The summed E-state index contributed by atoms with van der Waals surface area (Å²) in [7, 11) is 0. The minimum Gasteiger partial charge on any atom is -0.503 e. The van der Waals surface area contributed by atoms with Gasteiger partial charge < -0.3 is 15.3 Å². The predicted octanol–water partition coefficient (Wildman–Crippen LogP) is 3.25. The molecule has 134 valence electrons. The zero-order valence-corrected chi connectivity index (χ0v) is 15.2. The number of hydrogen-bond acceptors (Lipinski definition) is 3. The van der Waals surface area contributed by atoms with Gasteiger partial charge in [-0.2, -0.15) is 0 Å². The van der Waals surface area contributed by atoms with Crippen LogP contribution in [0.2, 0.25) is 10.0 Å². The van der Waals surface area contributed by atoms with Gasteiger partial charge in [-0.25, -0.2) is 0 Å². The van der Waals surface area contributed by atoms with Crippen LogP contribution in [0.15, 0.2) is 29.5 Å². The molecule has 3 rings (SSSR count). The fourth-order valence-corrected chi connectivity index (χ4v) is 3.37. The van der Waals surface area contributed by atoms with Crippen molar-refractivity contribution < 1.29 is 14.7 Å². The van der Waals surface area contributed by atoms with Gasteiger partial charge >= 0.3 is 0 Å². The normalized spacial score (nSPS) is 17.8. The lowest BCUT2D eigenvalue weighted by Crippen LogP contribution is -2.42. The first-order valence-corrected chi connectivity index (χ1v) is 9.18. The Hall–Kier alpha value is -1.72. The first kappa shape index (κ1) is 18.1. The van der Waals surface area contributed by atoms with E-state index in [0.717, 1.165) is 37.7 Å². The number of aliphatic hydroxyl groups excluding tert-OH is 1. The monoisotopic (exact) mass is 382 g/mol. The standard InChI is InChI=1S/C18H20Cl2N2O3/c19-14-7-6-11(9-15(14)20)3-2-8-21-17(24)13-10-22(12-4-1-5-12)18(25)16(13)23/h6-7,9,12,23H,1-5,8,10H2,(H,21,24). The lowest BCUT2D eigenvalue weighted by Gasteiger charge is -2.34. The molecule has 0 atom stereocenters. The van der Waals surface area contributed by atoms with E-state index in [1.165, 1.54) is 0 Å². The van der Waals surface area contributed by atoms with E-state index in [1.54, 1.807) is 11.0 Å². The van der Waals surface area contributed by atoms with E-state index in [4.69, 9.17) is 23.2 Å². The number of aryl methyl sites for hydroxylation is 1. The first-order valence-electron chi connectivity index (χ1n) is 8.42. The van der Waals surface area contributed by atoms with Crippen LogP contribution in [0, 0.1) is 0 Å². The van der Waals surface area contributed by atoms with E-state index in [2.05, 4.69) is 5.32 Å². The molecule has 1 aromatic rings. The summed E-state index contributed by atoms with van der Waals surface area (Å²) in [5, 5.41) is 13.8. The Morgan fingerprint density at radius 3 is 2.68 bits per heavy atom. The molecule has 0 spiro atoms. The van der Waals surface area contributed by atoms with Gasteiger partial charge in [0, 0.05) is 12.6 Å². The summed E-state index contributed by atoms with van der Waals surface area (Å²) in [5.41, 5.74) is 1.21. The molecule has 1 fully saturated rings. The van der Waals surface area contributed by atoms with Crippen molar-refractivity contribution in [3.05, 3.63) is 45.1 Å². The highest BCUT2D eigenvalue weighted by Crippen LogP contribution is 2.30. The molecular formula is C18H20Cl2N2O3. The Kier molecular flexibility index (Phi) is 5.54. The number of benzene rings is 1. The molecule has 5 nitrogen and oxygen atoms in total. The third-order valence-corrected chi connectivity index (χ3v) is 5.52. The lowest BCUT2D eigenvalue weighted by atomic mass is 9.91. The molecule has 2 N–H and O–H groups in total. The van der Waals surface area contributed by atoms with Crippen LogP contribution in [0.3, 0.4) is 0 Å². The summed E-state index contributed by atoms with van der Waals surface area (Å²) >= 11 is 11.9. The number of carbonyl (C=O) groups excluding carboxylic acids is 2. The number of aliphatic hydroxyl groups is 1. The van der Waals surface area contributed by atoms with Crippen molar-refractivity contribution in [1.29, 1.82) is 0 Å². The smallest absolute Gasteiger partial charge is 0.289 e. The summed E-state index contributed by atoms with van der Waals surface area (Å²) in [6, 6.07) is 5.62. The Balaban J connectivity index is 1.47. The van der Waals surface area contributed by atoms with Crippen LogP contribution in [0.5, 0.6) is 0 Å². The van der Waals surface area contributed by atoms with Crippen LogP contribution in [-0.4, -0.2) is 41.0 Å². The van der Waals surface area contributed by atoms with Crippen molar-refractivity contribution in [2.24, 2.45) is 0 Å². The quantitative estimate of drug-likeness (QED) is 0.741. The highest BCUT2D eigenvalue weighted by Gasteiger charge is 2.39. The van der Waals surface area contributed by atoms with Crippen LogP contribution in [0.4, 0.5) is 0 Å². The second-order valence-corrected chi connectivity index (χ2v) is 7.27. The van der Waals surface area contributed by atoms with E-state index in [0.29, 0.717) is 16.6 Å². The second-order valence-electron chi connectivity index (χ2n) is 6.45. The number of nitrogens with zero attached hydrogens (tertiary/aromatic N) is 1. The van der Waals surface area contributed by atoms with E-state index in [9.17, 15) is 14.7 Å². The molecule has 1 aliphatic carbocycles.